The summed E-state index contributed by atoms with van der Waals surface area (Å²) >= 11 is 0. The Balaban J connectivity index is 1.67. The zero-order valence-electron chi connectivity index (χ0n) is 13.8. The number of piperidine rings is 1. The van der Waals surface area contributed by atoms with Crippen LogP contribution in [0, 0.1) is 0 Å². The van der Waals surface area contributed by atoms with E-state index in [1.54, 1.807) is 0 Å². The van der Waals surface area contributed by atoms with Gasteiger partial charge in [-0.1, -0.05) is 25.8 Å². The highest BCUT2D eigenvalue weighted by molar-refractivity contribution is 5.40. The van der Waals surface area contributed by atoms with Crippen molar-refractivity contribution in [2.24, 2.45) is 0 Å². The molecular formula is C18H29N3O. The number of morpholine rings is 1. The van der Waals surface area contributed by atoms with Gasteiger partial charge in [0.1, 0.15) is 5.82 Å². The Morgan fingerprint density at radius 2 is 2.05 bits per heavy atom. The second kappa shape index (κ2) is 7.93. The number of rotatable bonds is 5. The number of nitrogens with zero attached hydrogens (tertiary/aromatic N) is 3. The fourth-order valence-electron chi connectivity index (χ4n) is 3.57. The lowest BCUT2D eigenvalue weighted by atomic mass is 9.96. The van der Waals surface area contributed by atoms with E-state index in [2.05, 4.69) is 35.1 Å². The summed E-state index contributed by atoms with van der Waals surface area (Å²) in [6.45, 7) is 8.30. The van der Waals surface area contributed by atoms with Crippen LogP contribution in [0.1, 0.15) is 50.6 Å². The van der Waals surface area contributed by atoms with E-state index < -0.39 is 0 Å². The molecule has 0 aliphatic carbocycles. The van der Waals surface area contributed by atoms with Crippen molar-refractivity contribution in [3.05, 3.63) is 23.9 Å². The van der Waals surface area contributed by atoms with Gasteiger partial charge >= 0.3 is 0 Å². The van der Waals surface area contributed by atoms with Gasteiger partial charge in [0.05, 0.1) is 13.2 Å². The van der Waals surface area contributed by atoms with E-state index in [0.717, 1.165) is 32.1 Å². The van der Waals surface area contributed by atoms with Crippen LogP contribution in [0.4, 0.5) is 5.82 Å². The SMILES string of the molecule is CCCCN1CCCC[C@@H]1c1ccc(N2CCOCC2)nc1. The van der Waals surface area contributed by atoms with E-state index in [1.165, 1.54) is 50.8 Å². The number of pyridine rings is 1. The van der Waals surface area contributed by atoms with Crippen molar-refractivity contribution in [2.75, 3.05) is 44.3 Å². The van der Waals surface area contributed by atoms with Gasteiger partial charge in [-0.2, -0.15) is 0 Å². The van der Waals surface area contributed by atoms with Gasteiger partial charge < -0.3 is 9.64 Å². The Morgan fingerprint density at radius 1 is 1.18 bits per heavy atom. The molecule has 4 nitrogen and oxygen atoms in total. The van der Waals surface area contributed by atoms with Crippen LogP contribution in [0.25, 0.3) is 0 Å². The number of hydrogen-bond donors (Lipinski definition) is 0. The standard InChI is InChI=1S/C18H29N3O/c1-2-3-9-20-10-5-4-6-17(20)16-7-8-18(19-15-16)21-11-13-22-14-12-21/h7-8,15,17H,2-6,9-14H2,1H3/t17-/m1/s1. The molecule has 0 aromatic carbocycles. The van der Waals surface area contributed by atoms with Crippen molar-refractivity contribution in [3.8, 4) is 0 Å². The molecule has 2 fully saturated rings. The van der Waals surface area contributed by atoms with Gasteiger partial charge in [-0.05, 0) is 44.0 Å². The zero-order valence-corrected chi connectivity index (χ0v) is 13.8. The molecule has 2 aliphatic rings. The molecule has 0 bridgehead atoms. The molecule has 122 valence electrons. The van der Waals surface area contributed by atoms with Crippen LogP contribution in [0.3, 0.4) is 0 Å². The van der Waals surface area contributed by atoms with E-state index in [4.69, 9.17) is 9.72 Å². The third-order valence-electron chi connectivity index (χ3n) is 4.90. The average molecular weight is 303 g/mol. The fourth-order valence-corrected chi connectivity index (χ4v) is 3.57. The minimum Gasteiger partial charge on any atom is -0.378 e. The van der Waals surface area contributed by atoms with Gasteiger partial charge in [0.25, 0.3) is 0 Å². The molecular weight excluding hydrogens is 274 g/mol. The molecule has 0 spiro atoms. The molecule has 22 heavy (non-hydrogen) atoms. The number of anilines is 1. The Kier molecular flexibility index (Phi) is 5.68. The maximum Gasteiger partial charge on any atom is 0.128 e. The Hall–Kier alpha value is -1.13. The first-order valence-electron chi connectivity index (χ1n) is 8.91. The Morgan fingerprint density at radius 3 is 2.77 bits per heavy atom. The van der Waals surface area contributed by atoms with E-state index in [0.29, 0.717) is 6.04 Å². The van der Waals surface area contributed by atoms with Crippen molar-refractivity contribution in [1.82, 2.24) is 9.88 Å². The molecule has 1 aromatic heterocycles. The molecule has 0 radical (unpaired) electrons. The molecule has 0 saturated carbocycles. The Labute approximate surface area is 134 Å². The van der Waals surface area contributed by atoms with Crippen molar-refractivity contribution in [3.63, 3.8) is 0 Å². The summed E-state index contributed by atoms with van der Waals surface area (Å²) in [4.78, 5) is 9.72. The number of hydrogen-bond acceptors (Lipinski definition) is 4. The normalized spacial score (nSPS) is 23.7. The second-order valence-corrected chi connectivity index (χ2v) is 6.45. The van der Waals surface area contributed by atoms with E-state index >= 15 is 0 Å². The van der Waals surface area contributed by atoms with Crippen LogP contribution in [0.15, 0.2) is 18.3 Å². The predicted molar refractivity (Wildman–Crippen MR) is 90.3 cm³/mol. The fraction of sp³-hybridized carbons (Fsp3) is 0.722. The van der Waals surface area contributed by atoms with Crippen LogP contribution in [0.2, 0.25) is 0 Å². The van der Waals surface area contributed by atoms with Crippen LogP contribution < -0.4 is 4.90 Å². The summed E-state index contributed by atoms with van der Waals surface area (Å²) in [5, 5.41) is 0. The molecule has 4 heteroatoms. The molecule has 1 aromatic rings. The van der Waals surface area contributed by atoms with Crippen molar-refractivity contribution < 1.29 is 4.74 Å². The molecule has 3 rings (SSSR count). The summed E-state index contributed by atoms with van der Waals surface area (Å²) in [6.07, 6.45) is 8.66. The summed E-state index contributed by atoms with van der Waals surface area (Å²) in [5.41, 5.74) is 1.40. The molecule has 0 unspecified atom stereocenters. The maximum absolute atomic E-state index is 5.42. The lowest BCUT2D eigenvalue weighted by molar-refractivity contribution is 0.122. The first-order valence-corrected chi connectivity index (χ1v) is 8.91. The van der Waals surface area contributed by atoms with Crippen LogP contribution in [0.5, 0.6) is 0 Å². The summed E-state index contributed by atoms with van der Waals surface area (Å²) in [5.74, 6) is 1.10. The number of aromatic nitrogens is 1. The highest BCUT2D eigenvalue weighted by Gasteiger charge is 2.24. The zero-order chi connectivity index (χ0) is 15.2. The van der Waals surface area contributed by atoms with Gasteiger partial charge in [-0.25, -0.2) is 4.98 Å². The lowest BCUT2D eigenvalue weighted by Gasteiger charge is -2.36. The lowest BCUT2D eigenvalue weighted by Crippen LogP contribution is -2.37. The third-order valence-corrected chi connectivity index (χ3v) is 4.90. The summed E-state index contributed by atoms with van der Waals surface area (Å²) < 4.78 is 5.42. The van der Waals surface area contributed by atoms with Gasteiger partial charge in [0.15, 0.2) is 0 Å². The molecule has 1 atom stereocenters. The highest BCUT2D eigenvalue weighted by Crippen LogP contribution is 2.31. The van der Waals surface area contributed by atoms with Gasteiger partial charge in [-0.3, -0.25) is 4.90 Å². The monoisotopic (exact) mass is 303 g/mol. The molecule has 0 amide bonds. The van der Waals surface area contributed by atoms with Crippen molar-refractivity contribution in [1.29, 1.82) is 0 Å². The smallest absolute Gasteiger partial charge is 0.128 e. The largest absolute Gasteiger partial charge is 0.378 e. The third kappa shape index (κ3) is 3.79. The van der Waals surface area contributed by atoms with Crippen LogP contribution >= 0.6 is 0 Å². The first kappa shape index (κ1) is 15.8. The minimum absolute atomic E-state index is 0.575. The van der Waals surface area contributed by atoms with Gasteiger partial charge in [0.2, 0.25) is 0 Å². The maximum atomic E-state index is 5.42. The summed E-state index contributed by atoms with van der Waals surface area (Å²) in [7, 11) is 0. The molecule has 0 N–H and O–H groups in total. The van der Waals surface area contributed by atoms with Gasteiger partial charge in [-0.15, -0.1) is 0 Å². The topological polar surface area (TPSA) is 28.6 Å². The number of likely N-dealkylation sites (tertiary alicyclic amines) is 1. The summed E-state index contributed by atoms with van der Waals surface area (Å²) in [6, 6.07) is 5.08. The second-order valence-electron chi connectivity index (χ2n) is 6.45. The quantitative estimate of drug-likeness (QED) is 0.835. The van der Waals surface area contributed by atoms with Crippen LogP contribution in [-0.2, 0) is 4.74 Å². The van der Waals surface area contributed by atoms with Crippen molar-refractivity contribution in [2.45, 2.75) is 45.1 Å². The molecule has 3 heterocycles. The van der Waals surface area contributed by atoms with Gasteiger partial charge in [0, 0.05) is 25.3 Å². The number of unbranched alkanes of at least 4 members (excludes halogenated alkanes) is 1. The van der Waals surface area contributed by atoms with Crippen molar-refractivity contribution >= 4 is 5.82 Å². The molecule has 2 saturated heterocycles. The van der Waals surface area contributed by atoms with Crippen LogP contribution in [-0.4, -0.2) is 49.3 Å². The molecule has 2 aliphatic heterocycles. The van der Waals surface area contributed by atoms with E-state index in [9.17, 15) is 0 Å². The predicted octanol–water partition coefficient (Wildman–Crippen LogP) is 3.25. The number of ether oxygens (including phenoxy) is 1. The highest BCUT2D eigenvalue weighted by atomic mass is 16.5. The van der Waals surface area contributed by atoms with E-state index in [-0.39, 0.29) is 0 Å². The average Bonchev–Trinajstić information content (AvgIpc) is 2.61. The Bertz CT molecular complexity index is 442. The van der Waals surface area contributed by atoms with E-state index in [1.807, 2.05) is 0 Å². The first-order chi connectivity index (χ1) is 10.9. The minimum atomic E-state index is 0.575.